The van der Waals surface area contributed by atoms with Gasteiger partial charge < -0.3 is 10.1 Å². The van der Waals surface area contributed by atoms with Gasteiger partial charge in [0, 0.05) is 24.3 Å². The van der Waals surface area contributed by atoms with E-state index in [1.807, 2.05) is 24.3 Å². The molecule has 1 aliphatic rings. The van der Waals surface area contributed by atoms with E-state index in [9.17, 15) is 4.79 Å². The fourth-order valence-electron chi connectivity index (χ4n) is 2.96. The van der Waals surface area contributed by atoms with Gasteiger partial charge in [0.15, 0.2) is 0 Å². The Kier molecular flexibility index (Phi) is 5.86. The van der Waals surface area contributed by atoms with Crippen LogP contribution < -0.4 is 10.1 Å². The number of hydrogen-bond donors (Lipinski definition) is 1. The molecule has 0 saturated heterocycles. The quantitative estimate of drug-likeness (QED) is 0.838. The highest BCUT2D eigenvalue weighted by Gasteiger charge is 2.15. The molecule has 128 valence electrons. The van der Waals surface area contributed by atoms with Crippen LogP contribution in [0.3, 0.4) is 0 Å². The average Bonchev–Trinajstić information content (AvgIpc) is 3.03. The molecule has 1 aromatic heterocycles. The summed E-state index contributed by atoms with van der Waals surface area (Å²) in [5, 5.41) is 4.12. The van der Waals surface area contributed by atoms with Gasteiger partial charge in [-0.1, -0.05) is 12.1 Å². The molecule has 0 aliphatic heterocycles. The number of thiazole rings is 1. The summed E-state index contributed by atoms with van der Waals surface area (Å²) in [4.78, 5) is 18.1. The number of hydrogen-bond acceptors (Lipinski definition) is 4. The summed E-state index contributed by atoms with van der Waals surface area (Å²) in [6.07, 6.45) is 6.92. The first-order valence-corrected chi connectivity index (χ1v) is 9.43. The molecule has 1 heterocycles. The van der Waals surface area contributed by atoms with E-state index in [1.165, 1.54) is 35.4 Å². The van der Waals surface area contributed by atoms with Crippen LogP contribution in [-0.4, -0.2) is 24.5 Å². The molecule has 1 aliphatic carbocycles. The SMILES string of the molecule is COc1ccc(CCNC(=O)CCc2nc3c(s2)CCCC3)cc1. The Morgan fingerprint density at radius 1 is 1.21 bits per heavy atom. The fourth-order valence-corrected chi connectivity index (χ4v) is 4.12. The number of fused-ring (bicyclic) bond motifs is 1. The first-order valence-electron chi connectivity index (χ1n) is 8.61. The smallest absolute Gasteiger partial charge is 0.220 e. The minimum Gasteiger partial charge on any atom is -0.497 e. The van der Waals surface area contributed by atoms with Gasteiger partial charge in [-0.15, -0.1) is 11.3 Å². The summed E-state index contributed by atoms with van der Waals surface area (Å²) < 4.78 is 5.14. The molecule has 0 atom stereocenters. The third-order valence-corrected chi connectivity index (χ3v) is 5.57. The zero-order valence-electron chi connectivity index (χ0n) is 14.1. The zero-order chi connectivity index (χ0) is 16.8. The van der Waals surface area contributed by atoms with Gasteiger partial charge >= 0.3 is 0 Å². The zero-order valence-corrected chi connectivity index (χ0v) is 15.0. The van der Waals surface area contributed by atoms with Gasteiger partial charge in [-0.25, -0.2) is 4.98 Å². The van der Waals surface area contributed by atoms with E-state index in [2.05, 4.69) is 5.32 Å². The highest BCUT2D eigenvalue weighted by molar-refractivity contribution is 7.11. The van der Waals surface area contributed by atoms with E-state index < -0.39 is 0 Å². The van der Waals surface area contributed by atoms with Crippen LogP contribution in [0.2, 0.25) is 0 Å². The molecule has 0 fully saturated rings. The lowest BCUT2D eigenvalue weighted by Gasteiger charge is -2.06. The number of aromatic nitrogens is 1. The first kappa shape index (κ1) is 17.0. The second-order valence-electron chi connectivity index (χ2n) is 6.13. The minimum atomic E-state index is 0.108. The van der Waals surface area contributed by atoms with Gasteiger partial charge in [0.1, 0.15) is 5.75 Å². The number of aryl methyl sites for hydroxylation is 3. The molecule has 1 N–H and O–H groups in total. The number of nitrogens with zero attached hydrogens (tertiary/aromatic N) is 1. The number of ether oxygens (including phenoxy) is 1. The number of carbonyl (C=O) groups excluding carboxylic acids is 1. The monoisotopic (exact) mass is 344 g/mol. The summed E-state index contributed by atoms with van der Waals surface area (Å²) in [7, 11) is 1.66. The number of amides is 1. The van der Waals surface area contributed by atoms with E-state index in [0.29, 0.717) is 13.0 Å². The maximum absolute atomic E-state index is 12.0. The van der Waals surface area contributed by atoms with E-state index in [-0.39, 0.29) is 5.91 Å². The van der Waals surface area contributed by atoms with E-state index >= 15 is 0 Å². The summed E-state index contributed by atoms with van der Waals surface area (Å²) >= 11 is 1.80. The van der Waals surface area contributed by atoms with Gasteiger partial charge in [-0.05, 0) is 49.8 Å². The van der Waals surface area contributed by atoms with Crippen molar-refractivity contribution in [2.24, 2.45) is 0 Å². The largest absolute Gasteiger partial charge is 0.497 e. The van der Waals surface area contributed by atoms with Crippen LogP contribution in [0.25, 0.3) is 0 Å². The standard InChI is InChI=1S/C19H24N2O2S/c1-23-15-8-6-14(7-9-15)12-13-20-18(22)10-11-19-21-16-4-2-3-5-17(16)24-19/h6-9H,2-5,10-13H2,1H3,(H,20,22). The van der Waals surface area contributed by atoms with Crippen molar-refractivity contribution in [3.8, 4) is 5.75 Å². The summed E-state index contributed by atoms with van der Waals surface area (Å²) in [5.41, 5.74) is 2.48. The van der Waals surface area contributed by atoms with Crippen LogP contribution in [-0.2, 0) is 30.5 Å². The normalized spacial score (nSPS) is 13.4. The Morgan fingerprint density at radius 3 is 2.75 bits per heavy atom. The maximum Gasteiger partial charge on any atom is 0.220 e. The van der Waals surface area contributed by atoms with Gasteiger partial charge in [0.25, 0.3) is 0 Å². The van der Waals surface area contributed by atoms with E-state index in [4.69, 9.17) is 9.72 Å². The van der Waals surface area contributed by atoms with Crippen LogP contribution in [0.15, 0.2) is 24.3 Å². The Bertz CT molecular complexity index is 656. The van der Waals surface area contributed by atoms with E-state index in [1.54, 1.807) is 18.4 Å². The van der Waals surface area contributed by atoms with Crippen molar-refractivity contribution < 1.29 is 9.53 Å². The highest BCUT2D eigenvalue weighted by atomic mass is 32.1. The minimum absolute atomic E-state index is 0.108. The van der Waals surface area contributed by atoms with Crippen molar-refractivity contribution in [1.29, 1.82) is 0 Å². The van der Waals surface area contributed by atoms with Crippen molar-refractivity contribution in [3.05, 3.63) is 45.4 Å². The molecule has 0 bridgehead atoms. The number of rotatable bonds is 7. The first-order chi connectivity index (χ1) is 11.7. The molecule has 0 unspecified atom stereocenters. The van der Waals surface area contributed by atoms with Crippen molar-refractivity contribution in [2.45, 2.75) is 44.9 Å². The van der Waals surface area contributed by atoms with Gasteiger partial charge in [-0.3, -0.25) is 4.79 Å². The van der Waals surface area contributed by atoms with Crippen molar-refractivity contribution in [3.63, 3.8) is 0 Å². The van der Waals surface area contributed by atoms with Crippen molar-refractivity contribution in [1.82, 2.24) is 10.3 Å². The van der Waals surface area contributed by atoms with Crippen LogP contribution in [0, 0.1) is 0 Å². The molecule has 1 amide bonds. The topological polar surface area (TPSA) is 51.2 Å². The predicted octanol–water partition coefficient (Wildman–Crippen LogP) is 3.32. The summed E-state index contributed by atoms with van der Waals surface area (Å²) in [6, 6.07) is 7.96. The molecular weight excluding hydrogens is 320 g/mol. The van der Waals surface area contributed by atoms with Crippen LogP contribution in [0.5, 0.6) is 5.75 Å². The third kappa shape index (κ3) is 4.57. The maximum atomic E-state index is 12.0. The summed E-state index contributed by atoms with van der Waals surface area (Å²) in [5.74, 6) is 0.964. The van der Waals surface area contributed by atoms with E-state index in [0.717, 1.165) is 30.0 Å². The number of nitrogens with one attached hydrogen (secondary N) is 1. The average molecular weight is 344 g/mol. The molecule has 24 heavy (non-hydrogen) atoms. The van der Waals surface area contributed by atoms with Gasteiger partial charge in [0.2, 0.25) is 5.91 Å². The molecular formula is C19H24N2O2S. The molecule has 3 rings (SSSR count). The Hall–Kier alpha value is -1.88. The number of carbonyl (C=O) groups is 1. The molecule has 1 aromatic carbocycles. The van der Waals surface area contributed by atoms with Crippen molar-refractivity contribution >= 4 is 17.2 Å². The lowest BCUT2D eigenvalue weighted by molar-refractivity contribution is -0.121. The molecule has 0 saturated carbocycles. The fraction of sp³-hybridized carbons (Fsp3) is 0.474. The molecule has 0 spiro atoms. The van der Waals surface area contributed by atoms with Gasteiger partial charge in [0.05, 0.1) is 17.8 Å². The predicted molar refractivity (Wildman–Crippen MR) is 96.8 cm³/mol. The van der Waals surface area contributed by atoms with Crippen molar-refractivity contribution in [2.75, 3.05) is 13.7 Å². The number of benzene rings is 1. The van der Waals surface area contributed by atoms with Crippen LogP contribution in [0.1, 0.15) is 40.4 Å². The van der Waals surface area contributed by atoms with Crippen LogP contribution in [0.4, 0.5) is 0 Å². The Labute approximate surface area is 147 Å². The summed E-state index contributed by atoms with van der Waals surface area (Å²) in [6.45, 7) is 0.666. The second kappa shape index (κ2) is 8.29. The number of methoxy groups -OCH3 is 1. The second-order valence-corrected chi connectivity index (χ2v) is 7.30. The van der Waals surface area contributed by atoms with Gasteiger partial charge in [-0.2, -0.15) is 0 Å². The highest BCUT2D eigenvalue weighted by Crippen LogP contribution is 2.27. The van der Waals surface area contributed by atoms with Crippen LogP contribution >= 0.6 is 11.3 Å². The molecule has 5 heteroatoms. The molecule has 2 aromatic rings. The lowest BCUT2D eigenvalue weighted by atomic mass is 10.0. The third-order valence-electron chi connectivity index (χ3n) is 4.35. The molecule has 0 radical (unpaired) electrons. The molecule has 4 nitrogen and oxygen atoms in total. The Balaban J connectivity index is 1.38. The Morgan fingerprint density at radius 2 is 2.00 bits per heavy atom. The lowest BCUT2D eigenvalue weighted by Crippen LogP contribution is -2.25.